The van der Waals surface area contributed by atoms with Crippen LogP contribution in [0.2, 0.25) is 0 Å². The van der Waals surface area contributed by atoms with Crippen molar-refractivity contribution in [2.24, 2.45) is 0 Å². The van der Waals surface area contributed by atoms with Gasteiger partial charge in [-0.1, -0.05) is 24.3 Å². The highest BCUT2D eigenvalue weighted by Gasteiger charge is 2.23. The maximum Gasteiger partial charge on any atom is 0.351 e. The summed E-state index contributed by atoms with van der Waals surface area (Å²) in [5.74, 6) is 1.04. The Morgan fingerprint density at radius 1 is 1.26 bits per heavy atom. The summed E-state index contributed by atoms with van der Waals surface area (Å²) >= 11 is 5.42. The van der Waals surface area contributed by atoms with Gasteiger partial charge in [0.25, 0.3) is 0 Å². The number of carbonyl (C=O) groups excluding carboxylic acids is 1. The number of hydrogen-bond donors (Lipinski definition) is 0. The molecule has 1 atom stereocenters. The maximum absolute atomic E-state index is 12.5. The molecule has 0 saturated carbocycles. The third-order valence-electron chi connectivity index (χ3n) is 4.86. The Bertz CT molecular complexity index is 1230. The lowest BCUT2D eigenvalue weighted by Crippen LogP contribution is -2.07. The molecule has 4 rings (SSSR count). The van der Waals surface area contributed by atoms with E-state index in [0.29, 0.717) is 10.6 Å². The van der Waals surface area contributed by atoms with Gasteiger partial charge in [-0.3, -0.25) is 4.57 Å². The van der Waals surface area contributed by atoms with Crippen molar-refractivity contribution >= 4 is 62.7 Å². The van der Waals surface area contributed by atoms with Crippen LogP contribution in [0.5, 0.6) is 5.75 Å². The minimum Gasteiger partial charge on any atom is -0.484 e. The molecule has 0 N–H and O–H groups in total. The molecule has 8 heteroatoms. The van der Waals surface area contributed by atoms with E-state index in [2.05, 4.69) is 46.0 Å². The average molecular weight is 564 g/mol. The molecule has 0 aliphatic rings. The summed E-state index contributed by atoms with van der Waals surface area (Å²) in [5, 5.41) is 0.856. The summed E-state index contributed by atoms with van der Waals surface area (Å²) in [6.07, 6.45) is 3.65. The van der Waals surface area contributed by atoms with Gasteiger partial charge in [0, 0.05) is 21.0 Å². The number of thioether (sulfide) groups is 1. The van der Waals surface area contributed by atoms with Gasteiger partial charge in [-0.15, -0.1) is 11.3 Å². The summed E-state index contributed by atoms with van der Waals surface area (Å²) in [7, 11) is 1.39. The van der Waals surface area contributed by atoms with Crippen LogP contribution in [0.4, 0.5) is 0 Å². The quantitative estimate of drug-likeness (QED) is 0.190. The lowest BCUT2D eigenvalue weighted by molar-refractivity contribution is 0.0600. The molecule has 0 spiro atoms. The van der Waals surface area contributed by atoms with E-state index in [1.54, 1.807) is 18.1 Å². The van der Waals surface area contributed by atoms with Gasteiger partial charge >= 0.3 is 5.97 Å². The fourth-order valence-corrected chi connectivity index (χ4v) is 5.68. The van der Waals surface area contributed by atoms with Crippen LogP contribution in [0.15, 0.2) is 54.9 Å². The molecular weight excluding hydrogens is 543 g/mol. The van der Waals surface area contributed by atoms with Crippen molar-refractivity contribution in [2.45, 2.75) is 18.8 Å². The zero-order chi connectivity index (χ0) is 22.0. The second kappa shape index (κ2) is 9.62. The van der Waals surface area contributed by atoms with Crippen molar-refractivity contribution in [1.82, 2.24) is 9.55 Å². The Balaban J connectivity index is 1.74. The van der Waals surface area contributed by atoms with E-state index >= 15 is 0 Å². The number of carbonyl (C=O) groups is 1. The molecule has 2 heterocycles. The van der Waals surface area contributed by atoms with Gasteiger partial charge in [-0.05, 0) is 59.5 Å². The van der Waals surface area contributed by atoms with Gasteiger partial charge in [-0.25, -0.2) is 9.78 Å². The van der Waals surface area contributed by atoms with Crippen molar-refractivity contribution in [1.29, 1.82) is 0 Å². The largest absolute Gasteiger partial charge is 0.484 e. The van der Waals surface area contributed by atoms with E-state index in [-0.39, 0.29) is 6.10 Å². The number of hydrogen-bond acceptors (Lipinski definition) is 6. The lowest BCUT2D eigenvalue weighted by Gasteiger charge is -2.16. The summed E-state index contributed by atoms with van der Waals surface area (Å²) < 4.78 is 14.4. The Morgan fingerprint density at radius 2 is 2.06 bits per heavy atom. The van der Waals surface area contributed by atoms with Gasteiger partial charge in [-0.2, -0.15) is 11.8 Å². The predicted octanol–water partition coefficient (Wildman–Crippen LogP) is 6.48. The van der Waals surface area contributed by atoms with E-state index < -0.39 is 5.97 Å². The van der Waals surface area contributed by atoms with Crippen LogP contribution in [-0.2, 0) is 10.5 Å². The first-order valence-electron chi connectivity index (χ1n) is 9.60. The van der Waals surface area contributed by atoms with Crippen LogP contribution in [0.1, 0.15) is 33.8 Å². The van der Waals surface area contributed by atoms with Crippen LogP contribution in [0.25, 0.3) is 16.0 Å². The molecule has 5 nitrogen and oxygen atoms in total. The molecule has 0 saturated heterocycles. The SMILES string of the molecule is COC(=O)c1sc(-n2cnc3ccc(CSC)cc32)cc1O[C@H](C)c1ccccc1I. The van der Waals surface area contributed by atoms with Crippen LogP contribution < -0.4 is 4.74 Å². The minimum atomic E-state index is -0.409. The fourth-order valence-electron chi connectivity index (χ4n) is 3.35. The minimum absolute atomic E-state index is 0.216. The van der Waals surface area contributed by atoms with Gasteiger partial charge < -0.3 is 9.47 Å². The summed E-state index contributed by atoms with van der Waals surface area (Å²) in [5.41, 5.74) is 4.21. The molecule has 160 valence electrons. The van der Waals surface area contributed by atoms with Gasteiger partial charge in [0.05, 0.1) is 18.1 Å². The van der Waals surface area contributed by atoms with Gasteiger partial charge in [0.15, 0.2) is 4.88 Å². The second-order valence-corrected chi connectivity index (χ2v) is 9.98. The smallest absolute Gasteiger partial charge is 0.351 e. The molecule has 31 heavy (non-hydrogen) atoms. The third-order valence-corrected chi connectivity index (χ3v) is 7.56. The van der Waals surface area contributed by atoms with Crippen LogP contribution in [0, 0.1) is 3.57 Å². The second-order valence-electron chi connectivity index (χ2n) is 6.92. The standard InChI is InChI=1S/C23H21IN2O3S2/c1-14(16-6-4-5-7-17(16)24)29-20-11-21(31-22(20)23(27)28-2)26-13-25-18-9-8-15(12-30-3)10-19(18)26/h4-11,13-14H,12H2,1-3H3/t14-/m1/s1. The number of nitrogens with zero attached hydrogens (tertiary/aromatic N) is 2. The topological polar surface area (TPSA) is 53.4 Å². The van der Waals surface area contributed by atoms with Crippen molar-refractivity contribution < 1.29 is 14.3 Å². The van der Waals surface area contributed by atoms with Crippen LogP contribution >= 0.6 is 45.7 Å². The number of fused-ring (bicyclic) bond motifs is 1. The van der Waals surface area contributed by atoms with E-state index in [1.165, 1.54) is 24.0 Å². The van der Waals surface area contributed by atoms with E-state index in [0.717, 1.165) is 30.9 Å². The molecule has 0 amide bonds. The first kappa shape index (κ1) is 22.2. The normalized spacial score (nSPS) is 12.1. The van der Waals surface area contributed by atoms with Crippen LogP contribution in [0.3, 0.4) is 0 Å². The number of ether oxygens (including phenoxy) is 2. The van der Waals surface area contributed by atoms with Crippen LogP contribution in [-0.4, -0.2) is 28.9 Å². The van der Waals surface area contributed by atoms with Crippen molar-refractivity contribution in [2.75, 3.05) is 13.4 Å². The number of halogens is 1. The number of aromatic nitrogens is 2. The third kappa shape index (κ3) is 4.61. The number of esters is 1. The number of rotatable bonds is 7. The maximum atomic E-state index is 12.5. The Hall–Kier alpha value is -2.04. The zero-order valence-electron chi connectivity index (χ0n) is 17.3. The number of thiophene rings is 1. The first-order chi connectivity index (χ1) is 15.0. The molecule has 2 aromatic heterocycles. The Labute approximate surface area is 202 Å². The average Bonchev–Trinajstić information content (AvgIpc) is 3.37. The number of benzene rings is 2. The number of imidazole rings is 1. The molecule has 0 bridgehead atoms. The van der Waals surface area contributed by atoms with Crippen molar-refractivity contribution in [3.63, 3.8) is 0 Å². The molecule has 0 aliphatic carbocycles. The lowest BCUT2D eigenvalue weighted by atomic mass is 10.1. The fraction of sp³-hybridized carbons (Fsp3) is 0.217. The van der Waals surface area contributed by atoms with Crippen molar-refractivity contribution in [3.05, 3.63) is 74.4 Å². The highest BCUT2D eigenvalue weighted by Crippen LogP contribution is 2.37. The summed E-state index contributed by atoms with van der Waals surface area (Å²) in [4.78, 5) is 17.5. The van der Waals surface area contributed by atoms with E-state index in [4.69, 9.17) is 9.47 Å². The highest BCUT2D eigenvalue weighted by atomic mass is 127. The number of methoxy groups -OCH3 is 1. The monoisotopic (exact) mass is 564 g/mol. The van der Waals surface area contributed by atoms with Crippen molar-refractivity contribution in [3.8, 4) is 10.8 Å². The molecular formula is C23H21IN2O3S2. The highest BCUT2D eigenvalue weighted by molar-refractivity contribution is 14.1. The molecule has 0 aliphatic heterocycles. The summed E-state index contributed by atoms with van der Waals surface area (Å²) in [6, 6.07) is 16.2. The van der Waals surface area contributed by atoms with Gasteiger partial charge in [0.2, 0.25) is 0 Å². The Morgan fingerprint density at radius 3 is 2.81 bits per heavy atom. The van der Waals surface area contributed by atoms with Gasteiger partial charge in [0.1, 0.15) is 23.2 Å². The molecule has 4 aromatic rings. The molecule has 2 aromatic carbocycles. The summed E-state index contributed by atoms with van der Waals surface area (Å²) in [6.45, 7) is 1.98. The molecule has 0 radical (unpaired) electrons. The van der Waals surface area contributed by atoms with E-state index in [9.17, 15) is 4.79 Å². The van der Waals surface area contributed by atoms with E-state index in [1.807, 2.05) is 47.9 Å². The predicted molar refractivity (Wildman–Crippen MR) is 136 cm³/mol. The Kier molecular flexibility index (Phi) is 6.88. The molecule has 0 fully saturated rings. The zero-order valence-corrected chi connectivity index (χ0v) is 21.1. The molecule has 0 unspecified atom stereocenters. The first-order valence-corrected chi connectivity index (χ1v) is 12.9.